The Kier molecular flexibility index (Phi) is 5.46. The normalized spacial score (nSPS) is 37.5. The van der Waals surface area contributed by atoms with E-state index >= 15 is 0 Å². The lowest BCUT2D eigenvalue weighted by Gasteiger charge is -2.73. The number of carbonyl (C=O) groups excluding carboxylic acids is 1. The van der Waals surface area contributed by atoms with Crippen molar-refractivity contribution < 1.29 is 24.1 Å². The number of nitrogens with zero attached hydrogens (tertiary/aromatic N) is 1. The van der Waals surface area contributed by atoms with E-state index in [2.05, 4.69) is 11.0 Å². The number of phenolic OH excluding ortho intramolecular Hbond substituents is 1. The van der Waals surface area contributed by atoms with Crippen molar-refractivity contribution in [3.8, 4) is 11.5 Å². The largest absolute Gasteiger partial charge is 0.504 e. The second-order valence-electron chi connectivity index (χ2n) is 13.5. The van der Waals surface area contributed by atoms with E-state index in [1.165, 1.54) is 30.5 Å². The zero-order valence-corrected chi connectivity index (χ0v) is 23.3. The number of aromatic hydroxyl groups is 1. The van der Waals surface area contributed by atoms with E-state index < -0.39 is 11.6 Å². The summed E-state index contributed by atoms with van der Waals surface area (Å²) >= 11 is 0. The highest BCUT2D eigenvalue weighted by Crippen LogP contribution is 2.76. The highest BCUT2D eigenvalue weighted by atomic mass is 16.6. The van der Waals surface area contributed by atoms with Crippen LogP contribution in [0.1, 0.15) is 55.2 Å². The van der Waals surface area contributed by atoms with Gasteiger partial charge in [0.05, 0.1) is 6.61 Å². The van der Waals surface area contributed by atoms with Crippen LogP contribution in [0, 0.1) is 17.3 Å². The summed E-state index contributed by atoms with van der Waals surface area (Å²) in [5, 5.41) is 11.0. The lowest BCUT2D eigenvalue weighted by atomic mass is 9.35. The third-order valence-electron chi connectivity index (χ3n) is 11.8. The summed E-state index contributed by atoms with van der Waals surface area (Å²) in [5.41, 5.74) is 9.14. The summed E-state index contributed by atoms with van der Waals surface area (Å²) in [7, 11) is 1.79. The van der Waals surface area contributed by atoms with Crippen molar-refractivity contribution in [1.29, 1.82) is 0 Å². The topological polar surface area (TPSA) is 94.2 Å². The first kappa shape index (κ1) is 25.1. The predicted octanol–water partition coefficient (Wildman–Crippen LogP) is 3.73. The Morgan fingerprint density at radius 2 is 2.00 bits per heavy atom. The van der Waals surface area contributed by atoms with Crippen LogP contribution in [0.25, 0.3) is 0 Å². The molecule has 7 aliphatic rings. The van der Waals surface area contributed by atoms with E-state index in [9.17, 15) is 9.90 Å². The Labute approximate surface area is 236 Å². The number of hydrogen-bond donors (Lipinski definition) is 2. The number of fused-ring (bicyclic) bond motifs is 2. The van der Waals surface area contributed by atoms with Crippen LogP contribution < -0.4 is 10.5 Å². The number of carbonyl (C=O) groups is 1. The monoisotopic (exact) mass is 544 g/mol. The minimum Gasteiger partial charge on any atom is -0.504 e. The van der Waals surface area contributed by atoms with Gasteiger partial charge in [-0.2, -0.15) is 0 Å². The van der Waals surface area contributed by atoms with Gasteiger partial charge in [-0.25, -0.2) is 0 Å². The number of likely N-dealkylation sites (tertiary alicyclic amines) is 1. The molecule has 2 aromatic carbocycles. The average Bonchev–Trinajstić information content (AvgIpc) is 3.71. The number of nitrogens with two attached hydrogens (primary N) is 1. The van der Waals surface area contributed by atoms with Gasteiger partial charge in [0.2, 0.25) is 0 Å². The maximum Gasteiger partial charge on any atom is 0.323 e. The van der Waals surface area contributed by atoms with Crippen LogP contribution in [-0.4, -0.2) is 66.6 Å². The van der Waals surface area contributed by atoms with Crippen LogP contribution in [0.15, 0.2) is 42.5 Å². The molecule has 0 radical (unpaired) electrons. The Morgan fingerprint density at radius 1 is 1.18 bits per heavy atom. The number of piperidine rings is 1. The third-order valence-corrected chi connectivity index (χ3v) is 11.8. The molecular formula is C33H40N2O5. The van der Waals surface area contributed by atoms with Gasteiger partial charge in [0, 0.05) is 42.0 Å². The SMILES string of the molecule is COC12CCC3(C[C@@H]1COC(=O)[C@@H](N)Cc1ccccc1)[C@H]1Cc4ccc(O)c5c4[C@@]3(CCN1CC1CC1)[C@H]2O5. The molecule has 2 aromatic rings. The van der Waals surface area contributed by atoms with Crippen molar-refractivity contribution >= 4 is 5.97 Å². The Morgan fingerprint density at radius 3 is 2.77 bits per heavy atom. The number of methoxy groups -OCH3 is 1. The first-order valence-corrected chi connectivity index (χ1v) is 15.2. The van der Waals surface area contributed by atoms with Gasteiger partial charge in [0.1, 0.15) is 17.7 Å². The van der Waals surface area contributed by atoms with Crippen LogP contribution >= 0.6 is 0 Å². The Balaban J connectivity index is 1.14. The number of hydrogen-bond acceptors (Lipinski definition) is 7. The first-order chi connectivity index (χ1) is 19.4. The van der Waals surface area contributed by atoms with Gasteiger partial charge in [0.25, 0.3) is 0 Å². The smallest absolute Gasteiger partial charge is 0.323 e. The second-order valence-corrected chi connectivity index (χ2v) is 13.5. The van der Waals surface area contributed by atoms with Crippen molar-refractivity contribution in [2.75, 3.05) is 26.8 Å². The molecule has 5 aliphatic carbocycles. The summed E-state index contributed by atoms with van der Waals surface area (Å²) < 4.78 is 19.4. The molecule has 212 valence electrons. The molecule has 2 heterocycles. The van der Waals surface area contributed by atoms with Crippen LogP contribution in [0.2, 0.25) is 0 Å². The van der Waals surface area contributed by atoms with Gasteiger partial charge in [-0.15, -0.1) is 0 Å². The molecule has 7 heteroatoms. The summed E-state index contributed by atoms with van der Waals surface area (Å²) in [6, 6.07) is 13.5. The Hall–Kier alpha value is -2.61. The number of phenols is 1. The van der Waals surface area contributed by atoms with E-state index in [1.807, 2.05) is 36.4 Å². The molecule has 0 amide bonds. The molecule has 3 N–H and O–H groups in total. The van der Waals surface area contributed by atoms with Crippen molar-refractivity contribution in [2.45, 2.75) is 80.6 Å². The standard InChI is InChI=1S/C33H40N2O5/c1-38-33-12-11-31(17-23(33)19-39-29(37)24(34)15-20-5-3-2-4-6-20)26-16-22-9-10-25(36)28-27(22)32(31,30(33)40-28)13-14-35(26)18-21-7-8-21/h2-6,9-10,21,23-24,26,30,36H,7-8,11-19,34H2,1H3/t23-,24+,26-,30-,31?,32+,33?/m1/s1. The molecule has 7 atom stereocenters. The van der Waals surface area contributed by atoms with Crippen molar-refractivity contribution in [1.82, 2.24) is 4.90 Å². The minimum absolute atomic E-state index is 0.000356. The third kappa shape index (κ3) is 3.20. The fraction of sp³-hybridized carbons (Fsp3) is 0.606. The lowest BCUT2D eigenvalue weighted by molar-refractivity contribution is -0.282. The van der Waals surface area contributed by atoms with Crippen molar-refractivity contribution in [3.05, 3.63) is 59.2 Å². The van der Waals surface area contributed by atoms with Crippen molar-refractivity contribution in [3.63, 3.8) is 0 Å². The molecule has 5 fully saturated rings. The van der Waals surface area contributed by atoms with E-state index in [4.69, 9.17) is 19.9 Å². The van der Waals surface area contributed by atoms with Gasteiger partial charge in [-0.3, -0.25) is 9.69 Å². The number of benzene rings is 2. The highest BCUT2D eigenvalue weighted by molar-refractivity contribution is 5.76. The van der Waals surface area contributed by atoms with Gasteiger partial charge >= 0.3 is 5.97 Å². The summed E-state index contributed by atoms with van der Waals surface area (Å²) in [6.45, 7) is 2.51. The number of ether oxygens (including phenoxy) is 3. The van der Waals surface area contributed by atoms with E-state index in [1.54, 1.807) is 7.11 Å². The fourth-order valence-electron chi connectivity index (χ4n) is 9.99. The quantitative estimate of drug-likeness (QED) is 0.489. The number of rotatable bonds is 8. The molecule has 7 nitrogen and oxygen atoms in total. The lowest BCUT2D eigenvalue weighted by Crippen LogP contribution is -2.81. The zero-order chi connectivity index (χ0) is 27.3. The van der Waals surface area contributed by atoms with Crippen molar-refractivity contribution in [2.24, 2.45) is 23.0 Å². The second kappa shape index (κ2) is 8.70. The molecule has 4 bridgehead atoms. The molecule has 1 saturated heterocycles. The molecule has 2 aliphatic heterocycles. The highest BCUT2D eigenvalue weighted by Gasteiger charge is 2.80. The predicted molar refractivity (Wildman–Crippen MR) is 149 cm³/mol. The van der Waals surface area contributed by atoms with Gasteiger partial charge < -0.3 is 25.1 Å². The van der Waals surface area contributed by atoms with Crippen LogP contribution in [-0.2, 0) is 32.5 Å². The summed E-state index contributed by atoms with van der Waals surface area (Å²) in [5.74, 6) is 1.37. The molecule has 4 saturated carbocycles. The van der Waals surface area contributed by atoms with E-state index in [0.29, 0.717) is 18.2 Å². The molecule has 9 rings (SSSR count). The average molecular weight is 545 g/mol. The van der Waals surface area contributed by atoms with Crippen LogP contribution in [0.5, 0.6) is 11.5 Å². The van der Waals surface area contributed by atoms with Crippen LogP contribution in [0.4, 0.5) is 0 Å². The van der Waals surface area contributed by atoms with E-state index in [0.717, 1.165) is 50.1 Å². The molecular weight excluding hydrogens is 504 g/mol. The summed E-state index contributed by atoms with van der Waals surface area (Å²) in [6.07, 6.45) is 7.81. The molecule has 0 aromatic heterocycles. The molecule has 2 unspecified atom stereocenters. The Bertz CT molecular complexity index is 1350. The number of esters is 1. The van der Waals surface area contributed by atoms with E-state index in [-0.39, 0.29) is 41.2 Å². The zero-order valence-electron chi connectivity index (χ0n) is 23.3. The maximum absolute atomic E-state index is 13.1. The summed E-state index contributed by atoms with van der Waals surface area (Å²) in [4.78, 5) is 15.9. The van der Waals surface area contributed by atoms with Gasteiger partial charge in [0.15, 0.2) is 11.5 Å². The first-order valence-electron chi connectivity index (χ1n) is 15.2. The van der Waals surface area contributed by atoms with Gasteiger partial charge in [-0.1, -0.05) is 36.4 Å². The molecule has 2 spiro atoms. The minimum atomic E-state index is -0.708. The van der Waals surface area contributed by atoms with Crippen LogP contribution in [0.3, 0.4) is 0 Å². The molecule has 40 heavy (non-hydrogen) atoms. The fourth-order valence-corrected chi connectivity index (χ4v) is 9.99. The maximum atomic E-state index is 13.1. The van der Waals surface area contributed by atoms with Gasteiger partial charge in [-0.05, 0) is 81.0 Å².